The number of rotatable bonds is 11. The summed E-state index contributed by atoms with van der Waals surface area (Å²) in [6, 6.07) is 17.1. The van der Waals surface area contributed by atoms with E-state index in [1.165, 1.54) is 10.6 Å². The number of hydrogen-bond acceptors (Lipinski definition) is 4. The predicted molar refractivity (Wildman–Crippen MR) is 113 cm³/mol. The molecule has 0 unspecified atom stereocenters. The van der Waals surface area contributed by atoms with E-state index in [2.05, 4.69) is 6.07 Å². The van der Waals surface area contributed by atoms with Gasteiger partial charge >= 0.3 is 5.97 Å². The van der Waals surface area contributed by atoms with Gasteiger partial charge in [0.25, 0.3) is 0 Å². The monoisotopic (exact) mass is 414 g/mol. The van der Waals surface area contributed by atoms with Crippen molar-refractivity contribution in [1.29, 1.82) is 5.26 Å². The van der Waals surface area contributed by atoms with Crippen LogP contribution >= 0.6 is 0 Å². The highest BCUT2D eigenvalue weighted by molar-refractivity contribution is 7.88. The molecule has 6 nitrogen and oxygen atoms in total. The van der Waals surface area contributed by atoms with Crippen molar-refractivity contribution in [1.82, 2.24) is 4.31 Å². The fourth-order valence-corrected chi connectivity index (χ4v) is 3.95. The number of carboxylic acid groups (broad SMARTS) is 1. The van der Waals surface area contributed by atoms with Gasteiger partial charge in [-0.25, -0.2) is 8.42 Å². The van der Waals surface area contributed by atoms with Gasteiger partial charge in [-0.1, -0.05) is 55.3 Å². The van der Waals surface area contributed by atoms with Crippen molar-refractivity contribution in [3.63, 3.8) is 0 Å². The molecule has 2 rings (SSSR count). The zero-order valence-corrected chi connectivity index (χ0v) is 17.4. The minimum Gasteiger partial charge on any atom is -0.481 e. The summed E-state index contributed by atoms with van der Waals surface area (Å²) in [5, 5.41) is 17.9. The van der Waals surface area contributed by atoms with Gasteiger partial charge in [0.2, 0.25) is 10.0 Å². The van der Waals surface area contributed by atoms with Crippen LogP contribution in [-0.2, 0) is 21.4 Å². The first-order chi connectivity index (χ1) is 13.8. The second-order valence-electron chi connectivity index (χ2n) is 7.01. The molecule has 0 heterocycles. The first-order valence-electron chi connectivity index (χ1n) is 9.56. The van der Waals surface area contributed by atoms with E-state index in [0.717, 1.165) is 29.5 Å². The van der Waals surface area contributed by atoms with Gasteiger partial charge in [0.05, 0.1) is 17.9 Å². The Bertz CT molecular complexity index is 963. The van der Waals surface area contributed by atoms with Crippen molar-refractivity contribution in [3.05, 3.63) is 59.7 Å². The summed E-state index contributed by atoms with van der Waals surface area (Å²) in [5.41, 5.74) is 3.23. The molecule has 0 atom stereocenters. The lowest BCUT2D eigenvalue weighted by atomic mass is 9.99. The molecule has 2 aromatic carbocycles. The molecule has 0 aromatic heterocycles. The average Bonchev–Trinajstić information content (AvgIpc) is 2.69. The smallest absolute Gasteiger partial charge is 0.303 e. The second-order valence-corrected chi connectivity index (χ2v) is 8.99. The minimum absolute atomic E-state index is 0.150. The molecule has 0 aliphatic carbocycles. The average molecular weight is 415 g/mol. The van der Waals surface area contributed by atoms with Crippen LogP contribution in [0.15, 0.2) is 48.5 Å². The highest BCUT2D eigenvalue weighted by atomic mass is 32.2. The molecule has 2 aromatic rings. The molecule has 7 heteroatoms. The lowest BCUT2D eigenvalue weighted by molar-refractivity contribution is -0.137. The molecular weight excluding hydrogens is 388 g/mol. The fourth-order valence-electron chi connectivity index (χ4n) is 3.11. The van der Waals surface area contributed by atoms with E-state index < -0.39 is 16.0 Å². The molecule has 0 bridgehead atoms. The van der Waals surface area contributed by atoms with E-state index in [1.807, 2.05) is 42.5 Å². The SMILES string of the molecule is CS(=O)(=O)N(CCCCCCC(=O)O)Cc1ccc(-c2ccccc2C#N)cc1. The molecule has 0 spiro atoms. The van der Waals surface area contributed by atoms with Gasteiger partial charge in [-0.15, -0.1) is 0 Å². The molecular formula is C22H26N2O4S. The molecule has 0 saturated heterocycles. The van der Waals surface area contributed by atoms with E-state index in [1.54, 1.807) is 6.07 Å². The van der Waals surface area contributed by atoms with Crippen molar-refractivity contribution in [2.24, 2.45) is 0 Å². The minimum atomic E-state index is -3.35. The Kier molecular flexibility index (Phi) is 8.37. The number of unbranched alkanes of at least 4 members (excludes halogenated alkanes) is 3. The zero-order valence-electron chi connectivity index (χ0n) is 16.5. The number of sulfonamides is 1. The van der Waals surface area contributed by atoms with E-state index in [-0.39, 0.29) is 13.0 Å². The number of carbonyl (C=O) groups is 1. The molecule has 0 aliphatic rings. The largest absolute Gasteiger partial charge is 0.481 e. The number of benzene rings is 2. The summed E-state index contributed by atoms with van der Waals surface area (Å²) in [4.78, 5) is 10.5. The number of nitriles is 1. The van der Waals surface area contributed by atoms with Crippen molar-refractivity contribution < 1.29 is 18.3 Å². The molecule has 29 heavy (non-hydrogen) atoms. The van der Waals surface area contributed by atoms with Gasteiger partial charge < -0.3 is 5.11 Å². The Balaban J connectivity index is 1.99. The van der Waals surface area contributed by atoms with Crippen LogP contribution < -0.4 is 0 Å². The van der Waals surface area contributed by atoms with Crippen LogP contribution in [0.4, 0.5) is 0 Å². The Morgan fingerprint density at radius 1 is 1.03 bits per heavy atom. The van der Waals surface area contributed by atoms with Crippen molar-refractivity contribution in [2.45, 2.75) is 38.6 Å². The highest BCUT2D eigenvalue weighted by Crippen LogP contribution is 2.24. The molecule has 0 aliphatic heterocycles. The summed E-state index contributed by atoms with van der Waals surface area (Å²) >= 11 is 0. The zero-order chi connectivity index (χ0) is 21.3. The molecule has 0 saturated carbocycles. The lowest BCUT2D eigenvalue weighted by Crippen LogP contribution is -2.30. The van der Waals surface area contributed by atoms with Crippen LogP contribution in [0.5, 0.6) is 0 Å². The normalized spacial score (nSPS) is 11.3. The van der Waals surface area contributed by atoms with Crippen LogP contribution in [0.2, 0.25) is 0 Å². The van der Waals surface area contributed by atoms with Gasteiger partial charge in [-0.3, -0.25) is 4.79 Å². The van der Waals surface area contributed by atoms with E-state index in [0.29, 0.717) is 24.9 Å². The molecule has 0 radical (unpaired) electrons. The highest BCUT2D eigenvalue weighted by Gasteiger charge is 2.16. The molecule has 1 N–H and O–H groups in total. The van der Waals surface area contributed by atoms with Gasteiger partial charge in [0.15, 0.2) is 0 Å². The quantitative estimate of drug-likeness (QED) is 0.560. The van der Waals surface area contributed by atoms with Crippen LogP contribution in [0.3, 0.4) is 0 Å². The standard InChI is InChI=1S/C22H26N2O4S/c1-29(27,28)24(15-7-3-2-4-10-22(25)26)17-18-11-13-19(14-12-18)21-9-6-5-8-20(21)16-23/h5-6,8-9,11-14H,2-4,7,10,15,17H2,1H3,(H,25,26). The molecule has 154 valence electrons. The summed E-state index contributed by atoms with van der Waals surface area (Å²) in [7, 11) is -3.35. The van der Waals surface area contributed by atoms with Gasteiger partial charge in [0.1, 0.15) is 0 Å². The Morgan fingerprint density at radius 3 is 2.31 bits per heavy atom. The van der Waals surface area contributed by atoms with Crippen molar-refractivity contribution in [3.8, 4) is 17.2 Å². The summed E-state index contributed by atoms with van der Waals surface area (Å²) in [6.07, 6.45) is 4.23. The topological polar surface area (TPSA) is 98.5 Å². The van der Waals surface area contributed by atoms with Crippen LogP contribution in [0, 0.1) is 11.3 Å². The summed E-state index contributed by atoms with van der Waals surface area (Å²) < 4.78 is 25.7. The first-order valence-corrected chi connectivity index (χ1v) is 11.4. The first kappa shape index (κ1) is 22.6. The molecule has 0 fully saturated rings. The number of carboxylic acids is 1. The third-order valence-corrected chi connectivity index (χ3v) is 5.94. The number of nitrogens with zero attached hydrogens (tertiary/aromatic N) is 2. The van der Waals surface area contributed by atoms with Gasteiger partial charge in [0, 0.05) is 19.5 Å². The third-order valence-electron chi connectivity index (χ3n) is 4.69. The maximum atomic E-state index is 12.1. The van der Waals surface area contributed by atoms with E-state index >= 15 is 0 Å². The van der Waals surface area contributed by atoms with Crippen LogP contribution in [0.25, 0.3) is 11.1 Å². The Hall–Kier alpha value is -2.69. The fraction of sp³-hybridized carbons (Fsp3) is 0.364. The predicted octanol–water partition coefficient (Wildman–Crippen LogP) is 4.02. The van der Waals surface area contributed by atoms with Crippen LogP contribution in [-0.4, -0.2) is 36.6 Å². The molecule has 0 amide bonds. The maximum Gasteiger partial charge on any atom is 0.303 e. The van der Waals surface area contributed by atoms with Gasteiger partial charge in [-0.05, 0) is 35.6 Å². The van der Waals surface area contributed by atoms with E-state index in [4.69, 9.17) is 5.11 Å². The lowest BCUT2D eigenvalue weighted by Gasteiger charge is -2.20. The van der Waals surface area contributed by atoms with Crippen molar-refractivity contribution in [2.75, 3.05) is 12.8 Å². The summed E-state index contributed by atoms with van der Waals surface area (Å²) in [5.74, 6) is -0.802. The third kappa shape index (κ3) is 7.33. The van der Waals surface area contributed by atoms with Crippen LogP contribution in [0.1, 0.15) is 43.2 Å². The summed E-state index contributed by atoms with van der Waals surface area (Å²) in [6.45, 7) is 0.694. The Labute approximate surface area is 172 Å². The number of aliphatic carboxylic acids is 1. The van der Waals surface area contributed by atoms with Gasteiger partial charge in [-0.2, -0.15) is 9.57 Å². The van der Waals surface area contributed by atoms with Crippen molar-refractivity contribution >= 4 is 16.0 Å². The maximum absolute atomic E-state index is 12.1. The van der Waals surface area contributed by atoms with E-state index in [9.17, 15) is 18.5 Å². The Morgan fingerprint density at radius 2 is 1.69 bits per heavy atom. The second kappa shape index (κ2) is 10.7. The number of hydrogen-bond donors (Lipinski definition) is 1.